The molecule has 0 aliphatic rings. The fraction of sp³-hybridized carbons (Fsp3) is 0.154. The van der Waals surface area contributed by atoms with Crippen molar-refractivity contribution in [2.45, 2.75) is 6.92 Å². The molecule has 4 nitrogen and oxygen atoms in total. The van der Waals surface area contributed by atoms with E-state index in [1.54, 1.807) is 4.57 Å². The second-order valence-corrected chi connectivity index (χ2v) is 5.14. The number of nitrogens with zero attached hydrogens (tertiary/aromatic N) is 3. The number of hydrogen-bond acceptors (Lipinski definition) is 5. The molecule has 0 bridgehead atoms. The Labute approximate surface area is 120 Å². The van der Waals surface area contributed by atoms with Gasteiger partial charge in [0.05, 0.1) is 6.61 Å². The predicted molar refractivity (Wildman–Crippen MR) is 79.0 cm³/mol. The Kier molecular flexibility index (Phi) is 4.44. The Bertz CT molecular complexity index is 680. The van der Waals surface area contributed by atoms with Gasteiger partial charge >= 0.3 is 0 Å². The SMILES string of the molecule is CCO/C=N/c1c(C#N)sc(=S)n1-c1ccccc1. The van der Waals surface area contributed by atoms with E-state index in [9.17, 15) is 0 Å². The quantitative estimate of drug-likeness (QED) is 0.488. The molecule has 0 spiro atoms. The second-order valence-electron chi connectivity index (χ2n) is 3.49. The lowest BCUT2D eigenvalue weighted by atomic mass is 10.3. The van der Waals surface area contributed by atoms with Gasteiger partial charge < -0.3 is 4.74 Å². The van der Waals surface area contributed by atoms with Crippen molar-refractivity contribution in [3.8, 4) is 11.8 Å². The fourth-order valence-corrected chi connectivity index (χ4v) is 2.70. The number of benzene rings is 1. The average Bonchev–Trinajstić information content (AvgIpc) is 2.76. The number of thiazole rings is 1. The van der Waals surface area contributed by atoms with Crippen LogP contribution >= 0.6 is 23.6 Å². The zero-order valence-corrected chi connectivity index (χ0v) is 11.9. The fourth-order valence-electron chi connectivity index (χ4n) is 1.52. The first-order chi connectivity index (χ1) is 9.27. The van der Waals surface area contributed by atoms with Crippen LogP contribution in [0.5, 0.6) is 0 Å². The lowest BCUT2D eigenvalue weighted by Crippen LogP contribution is -1.94. The number of aromatic nitrogens is 1. The third-order valence-electron chi connectivity index (χ3n) is 2.32. The highest BCUT2D eigenvalue weighted by atomic mass is 32.1. The highest BCUT2D eigenvalue weighted by Crippen LogP contribution is 2.29. The molecule has 1 aromatic carbocycles. The van der Waals surface area contributed by atoms with Gasteiger partial charge in [0.15, 0.2) is 21.0 Å². The van der Waals surface area contributed by atoms with Gasteiger partial charge in [0.25, 0.3) is 0 Å². The summed E-state index contributed by atoms with van der Waals surface area (Å²) >= 11 is 6.54. The Hall–Kier alpha value is -1.97. The van der Waals surface area contributed by atoms with E-state index in [0.717, 1.165) is 5.69 Å². The first kappa shape index (κ1) is 13.5. The minimum Gasteiger partial charge on any atom is -0.483 e. The van der Waals surface area contributed by atoms with Crippen molar-refractivity contribution in [1.29, 1.82) is 5.26 Å². The first-order valence-corrected chi connectivity index (χ1v) is 6.86. The number of para-hydroxylation sites is 1. The van der Waals surface area contributed by atoms with Crippen LogP contribution in [0, 0.1) is 15.3 Å². The van der Waals surface area contributed by atoms with Gasteiger partial charge in [-0.3, -0.25) is 4.57 Å². The second kappa shape index (κ2) is 6.27. The van der Waals surface area contributed by atoms with Crippen LogP contribution in [0.3, 0.4) is 0 Å². The molecule has 0 unspecified atom stereocenters. The van der Waals surface area contributed by atoms with Crippen molar-refractivity contribution in [2.24, 2.45) is 4.99 Å². The number of ether oxygens (including phenoxy) is 1. The molecular weight excluding hydrogens is 278 g/mol. The summed E-state index contributed by atoms with van der Waals surface area (Å²) in [5, 5.41) is 9.15. The van der Waals surface area contributed by atoms with Gasteiger partial charge in [-0.1, -0.05) is 29.5 Å². The van der Waals surface area contributed by atoms with Crippen LogP contribution in [0.1, 0.15) is 11.8 Å². The highest BCUT2D eigenvalue weighted by Gasteiger charge is 2.12. The maximum atomic E-state index is 9.15. The van der Waals surface area contributed by atoms with Gasteiger partial charge in [-0.15, -0.1) is 0 Å². The molecular formula is C13H11N3OS2. The summed E-state index contributed by atoms with van der Waals surface area (Å²) in [7, 11) is 0. The van der Waals surface area contributed by atoms with Crippen molar-refractivity contribution < 1.29 is 4.74 Å². The van der Waals surface area contributed by atoms with Gasteiger partial charge in [0, 0.05) is 5.69 Å². The van der Waals surface area contributed by atoms with Crippen LogP contribution in [0.25, 0.3) is 5.69 Å². The van der Waals surface area contributed by atoms with Crippen LogP contribution < -0.4 is 0 Å². The molecule has 6 heteroatoms. The molecule has 0 N–H and O–H groups in total. The number of rotatable bonds is 4. The average molecular weight is 289 g/mol. The van der Waals surface area contributed by atoms with E-state index in [0.29, 0.717) is 21.3 Å². The minimum atomic E-state index is 0.477. The van der Waals surface area contributed by atoms with E-state index in [4.69, 9.17) is 22.2 Å². The molecule has 0 saturated heterocycles. The molecule has 96 valence electrons. The van der Waals surface area contributed by atoms with Crippen LogP contribution in [-0.2, 0) is 4.74 Å². The Morgan fingerprint density at radius 1 is 1.47 bits per heavy atom. The van der Waals surface area contributed by atoms with Crippen molar-refractivity contribution in [2.75, 3.05) is 6.61 Å². The van der Waals surface area contributed by atoms with Crippen LogP contribution in [0.2, 0.25) is 0 Å². The smallest absolute Gasteiger partial charge is 0.176 e. The van der Waals surface area contributed by atoms with E-state index < -0.39 is 0 Å². The highest BCUT2D eigenvalue weighted by molar-refractivity contribution is 7.73. The van der Waals surface area contributed by atoms with Gasteiger partial charge in [-0.05, 0) is 31.3 Å². The molecule has 0 radical (unpaired) electrons. The summed E-state index contributed by atoms with van der Waals surface area (Å²) in [5.74, 6) is 0.511. The lowest BCUT2D eigenvalue weighted by molar-refractivity contribution is 0.344. The van der Waals surface area contributed by atoms with Gasteiger partial charge in [-0.25, -0.2) is 4.99 Å². The summed E-state index contributed by atoms with van der Waals surface area (Å²) in [6.45, 7) is 2.40. The zero-order valence-electron chi connectivity index (χ0n) is 10.2. The Morgan fingerprint density at radius 2 is 2.21 bits per heavy atom. The van der Waals surface area contributed by atoms with Crippen molar-refractivity contribution in [3.63, 3.8) is 0 Å². The summed E-state index contributed by atoms with van der Waals surface area (Å²) in [6.07, 6.45) is 1.34. The third kappa shape index (κ3) is 2.89. The van der Waals surface area contributed by atoms with E-state index in [1.165, 1.54) is 17.7 Å². The monoisotopic (exact) mass is 289 g/mol. The summed E-state index contributed by atoms with van der Waals surface area (Å²) in [6, 6.07) is 11.7. The summed E-state index contributed by atoms with van der Waals surface area (Å²) in [4.78, 5) is 4.68. The molecule has 0 aliphatic carbocycles. The van der Waals surface area contributed by atoms with E-state index >= 15 is 0 Å². The number of nitriles is 1. The van der Waals surface area contributed by atoms with Crippen LogP contribution in [0.4, 0.5) is 5.82 Å². The maximum absolute atomic E-state index is 9.15. The van der Waals surface area contributed by atoms with Gasteiger partial charge in [0.1, 0.15) is 6.07 Å². The molecule has 1 aromatic heterocycles. The normalized spacial score (nSPS) is 10.5. The molecule has 0 fully saturated rings. The van der Waals surface area contributed by atoms with Crippen LogP contribution in [-0.4, -0.2) is 17.6 Å². The van der Waals surface area contributed by atoms with Gasteiger partial charge in [-0.2, -0.15) is 5.26 Å². The molecule has 0 amide bonds. The summed E-state index contributed by atoms with van der Waals surface area (Å²) in [5.41, 5.74) is 0.883. The Balaban J connectivity index is 2.57. The standard InChI is InChI=1S/C13H11N3OS2/c1-2-17-9-15-12-11(8-14)19-13(18)16(12)10-6-4-3-5-7-10/h3-7,9H,2H2,1H3/b15-9+. The summed E-state index contributed by atoms with van der Waals surface area (Å²) < 4.78 is 7.45. The molecule has 0 aliphatic heterocycles. The molecule has 0 atom stereocenters. The molecule has 2 rings (SSSR count). The third-order valence-corrected chi connectivity index (χ3v) is 3.59. The van der Waals surface area contributed by atoms with Crippen molar-refractivity contribution in [3.05, 3.63) is 39.2 Å². The van der Waals surface area contributed by atoms with E-state index in [1.807, 2.05) is 37.3 Å². The minimum absolute atomic E-state index is 0.477. The molecule has 19 heavy (non-hydrogen) atoms. The lowest BCUT2D eigenvalue weighted by Gasteiger charge is -2.04. The topological polar surface area (TPSA) is 50.3 Å². The molecule has 0 saturated carbocycles. The van der Waals surface area contributed by atoms with Crippen LogP contribution in [0.15, 0.2) is 35.3 Å². The number of aliphatic imine (C=N–C) groups is 1. The Morgan fingerprint density at radius 3 is 2.84 bits per heavy atom. The van der Waals surface area contributed by atoms with Crippen molar-refractivity contribution >= 4 is 35.8 Å². The molecule has 1 heterocycles. The van der Waals surface area contributed by atoms with E-state index in [-0.39, 0.29) is 0 Å². The first-order valence-electron chi connectivity index (χ1n) is 5.63. The van der Waals surface area contributed by atoms with Crippen molar-refractivity contribution in [1.82, 2.24) is 4.57 Å². The zero-order chi connectivity index (χ0) is 13.7. The van der Waals surface area contributed by atoms with Gasteiger partial charge in [0.2, 0.25) is 0 Å². The molecule has 2 aromatic rings. The largest absolute Gasteiger partial charge is 0.483 e. The predicted octanol–water partition coefficient (Wildman–Crippen LogP) is 3.84. The number of hydrogen-bond donors (Lipinski definition) is 0. The maximum Gasteiger partial charge on any atom is 0.176 e. The van der Waals surface area contributed by atoms with E-state index in [2.05, 4.69) is 11.1 Å².